The maximum atomic E-state index is 11.7. The van der Waals surface area contributed by atoms with Crippen LogP contribution in [0.2, 0.25) is 5.02 Å². The molecule has 1 rings (SSSR count). The zero-order chi connectivity index (χ0) is 14.1. The Labute approximate surface area is 118 Å². The molecular formula is C10H11BrClNO4S. The third-order valence-corrected chi connectivity index (χ3v) is 3.79. The number of ether oxygens (including phenoxy) is 1. The average molecular weight is 357 g/mol. The van der Waals surface area contributed by atoms with Gasteiger partial charge in [0, 0.05) is 4.47 Å². The van der Waals surface area contributed by atoms with Crippen LogP contribution in [-0.4, -0.2) is 20.5 Å². The molecule has 18 heavy (non-hydrogen) atoms. The molecule has 0 aromatic heterocycles. The summed E-state index contributed by atoms with van der Waals surface area (Å²) in [5, 5.41) is 4.77. The molecule has 2 N–H and O–H groups in total. The summed E-state index contributed by atoms with van der Waals surface area (Å²) < 4.78 is 28.0. The lowest BCUT2D eigenvalue weighted by Gasteiger charge is -2.11. The highest BCUT2D eigenvalue weighted by molar-refractivity contribution is 9.10. The van der Waals surface area contributed by atoms with Gasteiger partial charge in [-0.2, -0.15) is 0 Å². The van der Waals surface area contributed by atoms with Crippen molar-refractivity contribution < 1.29 is 17.9 Å². The van der Waals surface area contributed by atoms with Gasteiger partial charge in [-0.3, -0.25) is 0 Å². The minimum Gasteiger partial charge on any atom is -0.459 e. The quantitative estimate of drug-likeness (QED) is 0.842. The van der Waals surface area contributed by atoms with E-state index in [1.807, 2.05) is 0 Å². The van der Waals surface area contributed by atoms with Gasteiger partial charge in [0.1, 0.15) is 4.90 Å². The maximum Gasteiger partial charge on any atom is 0.339 e. The number of carbonyl (C=O) groups is 1. The van der Waals surface area contributed by atoms with Crippen LogP contribution in [0.1, 0.15) is 24.2 Å². The van der Waals surface area contributed by atoms with E-state index in [0.29, 0.717) is 4.47 Å². The molecular weight excluding hydrogens is 346 g/mol. The molecule has 0 saturated carbocycles. The molecule has 0 aliphatic heterocycles. The van der Waals surface area contributed by atoms with E-state index >= 15 is 0 Å². The van der Waals surface area contributed by atoms with Crippen LogP contribution in [-0.2, 0) is 14.8 Å². The highest BCUT2D eigenvalue weighted by Crippen LogP contribution is 2.29. The van der Waals surface area contributed by atoms with E-state index in [0.717, 1.165) is 0 Å². The number of hydrogen-bond acceptors (Lipinski definition) is 4. The Balaban J connectivity index is 3.39. The van der Waals surface area contributed by atoms with E-state index in [-0.39, 0.29) is 21.6 Å². The van der Waals surface area contributed by atoms with Crippen molar-refractivity contribution in [2.45, 2.75) is 24.8 Å². The molecule has 0 aliphatic rings. The summed E-state index contributed by atoms with van der Waals surface area (Å²) in [6, 6.07) is 2.60. The van der Waals surface area contributed by atoms with Crippen LogP contribution in [0.4, 0.5) is 0 Å². The Hall–Kier alpha value is -0.630. The summed E-state index contributed by atoms with van der Waals surface area (Å²) in [6.07, 6.45) is -0.342. The summed E-state index contributed by atoms with van der Waals surface area (Å²) in [4.78, 5) is 11.4. The lowest BCUT2D eigenvalue weighted by molar-refractivity contribution is 0.0378. The predicted octanol–water partition coefficient (Wildman–Crippen LogP) is 2.32. The highest BCUT2D eigenvalue weighted by atomic mass is 79.9. The SMILES string of the molecule is CC(C)OC(=O)c1cc(Br)cc(S(N)(=O)=O)c1Cl. The molecule has 0 radical (unpaired) electrons. The fraction of sp³-hybridized carbons (Fsp3) is 0.300. The molecule has 1 aromatic carbocycles. The van der Waals surface area contributed by atoms with E-state index in [2.05, 4.69) is 15.9 Å². The van der Waals surface area contributed by atoms with Crippen molar-refractivity contribution in [3.8, 4) is 0 Å². The molecule has 100 valence electrons. The standard InChI is InChI=1S/C10H11BrClNO4S/c1-5(2)17-10(14)7-3-6(11)4-8(9(7)12)18(13,15)16/h3-5H,1-2H3,(H2,13,15,16). The molecule has 0 aliphatic carbocycles. The van der Waals surface area contributed by atoms with Crippen molar-refractivity contribution >= 4 is 43.5 Å². The molecule has 0 amide bonds. The molecule has 0 bridgehead atoms. The fourth-order valence-corrected chi connectivity index (χ4v) is 2.97. The second-order valence-corrected chi connectivity index (χ2v) is 6.59. The monoisotopic (exact) mass is 355 g/mol. The molecule has 0 spiro atoms. The second-order valence-electron chi connectivity index (χ2n) is 3.76. The molecule has 5 nitrogen and oxygen atoms in total. The fourth-order valence-electron chi connectivity index (χ4n) is 1.20. The number of sulfonamides is 1. The first-order chi connectivity index (χ1) is 8.12. The van der Waals surface area contributed by atoms with Gasteiger partial charge in [0.05, 0.1) is 16.7 Å². The number of benzene rings is 1. The third-order valence-electron chi connectivity index (χ3n) is 1.87. The molecule has 0 fully saturated rings. The van der Waals surface area contributed by atoms with Crippen LogP contribution in [0.5, 0.6) is 0 Å². The normalized spacial score (nSPS) is 11.7. The summed E-state index contributed by atoms with van der Waals surface area (Å²) in [7, 11) is -4.01. The second kappa shape index (κ2) is 5.56. The lowest BCUT2D eigenvalue weighted by Crippen LogP contribution is -2.16. The van der Waals surface area contributed by atoms with Crippen molar-refractivity contribution in [1.82, 2.24) is 0 Å². The van der Waals surface area contributed by atoms with Gasteiger partial charge >= 0.3 is 5.97 Å². The van der Waals surface area contributed by atoms with Gasteiger partial charge in [-0.05, 0) is 26.0 Å². The molecule has 0 unspecified atom stereocenters. The number of halogens is 2. The maximum absolute atomic E-state index is 11.7. The Kier molecular flexibility index (Phi) is 4.77. The van der Waals surface area contributed by atoms with Crippen molar-refractivity contribution in [3.05, 3.63) is 27.2 Å². The smallest absolute Gasteiger partial charge is 0.339 e. The minimum atomic E-state index is -4.01. The molecule has 0 atom stereocenters. The van der Waals surface area contributed by atoms with Gasteiger partial charge in [-0.15, -0.1) is 0 Å². The number of hydrogen-bond donors (Lipinski definition) is 1. The first-order valence-corrected chi connectivity index (χ1v) is 7.57. The van der Waals surface area contributed by atoms with E-state index < -0.39 is 16.0 Å². The molecule has 8 heteroatoms. The van der Waals surface area contributed by atoms with Gasteiger partial charge in [-0.1, -0.05) is 27.5 Å². The minimum absolute atomic E-state index is 0.0521. The first kappa shape index (κ1) is 15.4. The van der Waals surface area contributed by atoms with Gasteiger partial charge in [-0.25, -0.2) is 18.4 Å². The van der Waals surface area contributed by atoms with Crippen molar-refractivity contribution in [1.29, 1.82) is 0 Å². The number of esters is 1. The Bertz CT molecular complexity index is 586. The summed E-state index contributed by atoms with van der Waals surface area (Å²) in [5.74, 6) is -0.707. The van der Waals surface area contributed by atoms with E-state index in [4.69, 9.17) is 21.5 Å². The van der Waals surface area contributed by atoms with Gasteiger partial charge in [0.25, 0.3) is 0 Å². The zero-order valence-electron chi connectivity index (χ0n) is 9.61. The van der Waals surface area contributed by atoms with Crippen molar-refractivity contribution in [2.24, 2.45) is 5.14 Å². The van der Waals surface area contributed by atoms with Crippen LogP contribution < -0.4 is 5.14 Å². The van der Waals surface area contributed by atoms with E-state index in [1.165, 1.54) is 12.1 Å². The van der Waals surface area contributed by atoms with Crippen LogP contribution in [0, 0.1) is 0 Å². The Morgan fingerprint density at radius 3 is 2.44 bits per heavy atom. The molecule has 1 aromatic rings. The van der Waals surface area contributed by atoms with Crippen LogP contribution in [0.25, 0.3) is 0 Å². The topological polar surface area (TPSA) is 86.5 Å². The Morgan fingerprint density at radius 1 is 1.44 bits per heavy atom. The van der Waals surface area contributed by atoms with Crippen LogP contribution in [0.3, 0.4) is 0 Å². The van der Waals surface area contributed by atoms with Crippen molar-refractivity contribution in [3.63, 3.8) is 0 Å². The Morgan fingerprint density at radius 2 is 2.00 bits per heavy atom. The lowest BCUT2D eigenvalue weighted by atomic mass is 10.2. The average Bonchev–Trinajstić information content (AvgIpc) is 2.18. The van der Waals surface area contributed by atoms with E-state index in [9.17, 15) is 13.2 Å². The number of primary sulfonamides is 1. The largest absolute Gasteiger partial charge is 0.459 e. The van der Waals surface area contributed by atoms with Crippen molar-refractivity contribution in [2.75, 3.05) is 0 Å². The number of carbonyl (C=O) groups excluding carboxylic acids is 1. The predicted molar refractivity (Wildman–Crippen MR) is 71.1 cm³/mol. The first-order valence-electron chi connectivity index (χ1n) is 4.85. The summed E-state index contributed by atoms with van der Waals surface area (Å²) in [5.41, 5.74) is -0.0521. The summed E-state index contributed by atoms with van der Waals surface area (Å²) >= 11 is 8.95. The number of nitrogens with two attached hydrogens (primary N) is 1. The van der Waals surface area contributed by atoms with Gasteiger partial charge < -0.3 is 4.74 Å². The third kappa shape index (κ3) is 3.68. The van der Waals surface area contributed by atoms with Gasteiger partial charge in [0.15, 0.2) is 0 Å². The molecule has 0 saturated heterocycles. The van der Waals surface area contributed by atoms with Gasteiger partial charge in [0.2, 0.25) is 10.0 Å². The molecule has 0 heterocycles. The zero-order valence-corrected chi connectivity index (χ0v) is 12.8. The number of rotatable bonds is 3. The highest BCUT2D eigenvalue weighted by Gasteiger charge is 2.22. The summed E-state index contributed by atoms with van der Waals surface area (Å²) in [6.45, 7) is 3.34. The van der Waals surface area contributed by atoms with E-state index in [1.54, 1.807) is 13.8 Å². The van der Waals surface area contributed by atoms with Crippen LogP contribution in [0.15, 0.2) is 21.5 Å². The van der Waals surface area contributed by atoms with Crippen LogP contribution >= 0.6 is 27.5 Å².